The summed E-state index contributed by atoms with van der Waals surface area (Å²) in [5, 5.41) is 5.93. The van der Waals surface area contributed by atoms with E-state index >= 15 is 0 Å². The fourth-order valence-corrected chi connectivity index (χ4v) is 2.35. The first kappa shape index (κ1) is 11.1. The van der Waals surface area contributed by atoms with Gasteiger partial charge in [0.1, 0.15) is 0 Å². The van der Waals surface area contributed by atoms with Crippen LogP contribution >= 0.6 is 0 Å². The third-order valence-corrected chi connectivity index (χ3v) is 3.29. The number of aryl methyl sites for hydroxylation is 1. The lowest BCUT2D eigenvalue weighted by Crippen LogP contribution is -2.33. The molecule has 3 heteroatoms. The second-order valence-electron chi connectivity index (χ2n) is 4.29. The highest BCUT2D eigenvalue weighted by molar-refractivity contribution is 5.77. The van der Waals surface area contributed by atoms with E-state index in [1.807, 2.05) is 0 Å². The summed E-state index contributed by atoms with van der Waals surface area (Å²) < 4.78 is 0. The molecule has 0 heterocycles. The molecule has 0 radical (unpaired) electrons. The first-order chi connectivity index (χ1) is 7.72. The molecule has 16 heavy (non-hydrogen) atoms. The number of hydrogen-bond acceptors (Lipinski definition) is 2. The van der Waals surface area contributed by atoms with E-state index in [0.717, 1.165) is 12.8 Å². The summed E-state index contributed by atoms with van der Waals surface area (Å²) in [6, 6.07) is 6.75. The Labute approximate surface area is 96.2 Å². The Bertz CT molecular complexity index is 401. The van der Waals surface area contributed by atoms with Crippen LogP contribution in [0.15, 0.2) is 18.2 Å². The number of carbonyl (C=O) groups is 1. The van der Waals surface area contributed by atoms with Crippen LogP contribution in [-0.2, 0) is 11.2 Å². The van der Waals surface area contributed by atoms with Gasteiger partial charge in [-0.1, -0.05) is 18.2 Å². The highest BCUT2D eigenvalue weighted by Crippen LogP contribution is 2.32. The van der Waals surface area contributed by atoms with Crippen LogP contribution in [0.3, 0.4) is 0 Å². The van der Waals surface area contributed by atoms with Gasteiger partial charge in [0.05, 0.1) is 6.54 Å². The molecule has 1 atom stereocenters. The molecule has 1 amide bonds. The molecule has 86 valence electrons. The normalized spacial score (nSPS) is 18.2. The molecule has 2 rings (SSSR count). The van der Waals surface area contributed by atoms with Crippen LogP contribution in [0.2, 0.25) is 0 Å². The summed E-state index contributed by atoms with van der Waals surface area (Å²) >= 11 is 0. The van der Waals surface area contributed by atoms with E-state index in [-0.39, 0.29) is 5.91 Å². The highest BCUT2D eigenvalue weighted by Gasteiger charge is 2.23. The van der Waals surface area contributed by atoms with Gasteiger partial charge in [-0.05, 0) is 36.5 Å². The van der Waals surface area contributed by atoms with E-state index in [0.29, 0.717) is 12.6 Å². The van der Waals surface area contributed by atoms with Crippen molar-refractivity contribution < 1.29 is 4.79 Å². The van der Waals surface area contributed by atoms with Gasteiger partial charge < -0.3 is 10.6 Å². The van der Waals surface area contributed by atoms with E-state index < -0.39 is 0 Å². The van der Waals surface area contributed by atoms with Crippen LogP contribution in [0.5, 0.6) is 0 Å². The van der Waals surface area contributed by atoms with Gasteiger partial charge in [0.2, 0.25) is 5.91 Å². The predicted octanol–water partition coefficient (Wildman–Crippen LogP) is 1.32. The van der Waals surface area contributed by atoms with Crippen molar-refractivity contribution in [2.75, 3.05) is 13.6 Å². The van der Waals surface area contributed by atoms with Gasteiger partial charge in [-0.25, -0.2) is 0 Å². The second kappa shape index (κ2) is 4.66. The van der Waals surface area contributed by atoms with E-state index in [1.165, 1.54) is 16.7 Å². The maximum absolute atomic E-state index is 11.2. The third-order valence-electron chi connectivity index (χ3n) is 3.29. The third kappa shape index (κ3) is 2.09. The summed E-state index contributed by atoms with van der Waals surface area (Å²) in [5.41, 5.74) is 4.18. The van der Waals surface area contributed by atoms with E-state index in [2.05, 4.69) is 35.8 Å². The minimum atomic E-state index is 0.0427. The minimum Gasteiger partial charge on any atom is -0.358 e. The van der Waals surface area contributed by atoms with Crippen molar-refractivity contribution in [3.63, 3.8) is 0 Å². The summed E-state index contributed by atoms with van der Waals surface area (Å²) in [5.74, 6) is 0.0427. The Morgan fingerprint density at radius 1 is 1.50 bits per heavy atom. The number of nitrogens with one attached hydrogen (secondary N) is 2. The summed E-state index contributed by atoms with van der Waals surface area (Å²) in [7, 11) is 1.66. The summed E-state index contributed by atoms with van der Waals surface area (Å²) in [6.07, 6.45) is 2.21. The molecule has 1 unspecified atom stereocenters. The van der Waals surface area contributed by atoms with Gasteiger partial charge in [-0.3, -0.25) is 4.79 Å². The van der Waals surface area contributed by atoms with Gasteiger partial charge in [0, 0.05) is 13.1 Å². The quantitative estimate of drug-likeness (QED) is 0.803. The lowest BCUT2D eigenvalue weighted by atomic mass is 10.0. The van der Waals surface area contributed by atoms with Gasteiger partial charge in [0.15, 0.2) is 0 Å². The van der Waals surface area contributed by atoms with Crippen molar-refractivity contribution in [3.8, 4) is 0 Å². The number of fused-ring (bicyclic) bond motifs is 1. The Balaban J connectivity index is 2.06. The number of benzene rings is 1. The number of rotatable bonds is 3. The molecule has 0 fully saturated rings. The molecule has 0 bridgehead atoms. The fraction of sp³-hybridized carbons (Fsp3) is 0.462. The summed E-state index contributed by atoms with van der Waals surface area (Å²) in [6.45, 7) is 2.55. The Kier molecular flexibility index (Phi) is 3.25. The number of carbonyl (C=O) groups excluding carboxylic acids is 1. The number of amides is 1. The molecule has 0 spiro atoms. The maximum Gasteiger partial charge on any atom is 0.233 e. The van der Waals surface area contributed by atoms with Gasteiger partial charge in [0.25, 0.3) is 0 Å². The first-order valence-electron chi connectivity index (χ1n) is 5.74. The lowest BCUT2D eigenvalue weighted by Gasteiger charge is -2.13. The first-order valence-corrected chi connectivity index (χ1v) is 5.74. The molecule has 3 nitrogen and oxygen atoms in total. The van der Waals surface area contributed by atoms with E-state index in [9.17, 15) is 4.79 Å². The fourth-order valence-electron chi connectivity index (χ4n) is 2.35. The molecule has 1 aliphatic carbocycles. The van der Waals surface area contributed by atoms with Crippen molar-refractivity contribution in [1.29, 1.82) is 0 Å². The average Bonchev–Trinajstić information content (AvgIpc) is 2.70. The average molecular weight is 218 g/mol. The van der Waals surface area contributed by atoms with Crippen molar-refractivity contribution in [1.82, 2.24) is 10.6 Å². The van der Waals surface area contributed by atoms with E-state index in [1.54, 1.807) is 7.05 Å². The largest absolute Gasteiger partial charge is 0.358 e. The highest BCUT2D eigenvalue weighted by atomic mass is 16.1. The lowest BCUT2D eigenvalue weighted by molar-refractivity contribution is -0.119. The van der Waals surface area contributed by atoms with Gasteiger partial charge >= 0.3 is 0 Å². The number of likely N-dealkylation sites (N-methyl/N-ethyl adjacent to an activating group) is 1. The van der Waals surface area contributed by atoms with Crippen LogP contribution < -0.4 is 10.6 Å². The Morgan fingerprint density at radius 3 is 3.06 bits per heavy atom. The molecular weight excluding hydrogens is 200 g/mol. The van der Waals surface area contributed by atoms with Crippen LogP contribution in [0.4, 0.5) is 0 Å². The van der Waals surface area contributed by atoms with Gasteiger partial charge in [-0.15, -0.1) is 0 Å². The zero-order valence-electron chi connectivity index (χ0n) is 9.84. The van der Waals surface area contributed by atoms with Gasteiger partial charge in [-0.2, -0.15) is 0 Å². The molecular formula is C13H18N2O. The van der Waals surface area contributed by atoms with Crippen molar-refractivity contribution in [2.45, 2.75) is 25.8 Å². The van der Waals surface area contributed by atoms with Crippen molar-refractivity contribution >= 4 is 5.91 Å². The molecule has 2 N–H and O–H groups in total. The molecule has 1 aromatic rings. The topological polar surface area (TPSA) is 41.1 Å². The zero-order chi connectivity index (χ0) is 11.5. The standard InChI is InChI=1S/C13H18N2O/c1-9-4-3-5-11-10(9)6-7-12(11)15-8-13(16)14-2/h3-5,12,15H,6-8H2,1-2H3,(H,14,16). The molecule has 0 saturated carbocycles. The number of hydrogen-bond donors (Lipinski definition) is 2. The van der Waals surface area contributed by atoms with Crippen molar-refractivity contribution in [3.05, 3.63) is 34.9 Å². The van der Waals surface area contributed by atoms with Crippen LogP contribution in [0.25, 0.3) is 0 Å². The molecule has 0 aliphatic heterocycles. The predicted molar refractivity (Wildman–Crippen MR) is 64.3 cm³/mol. The van der Waals surface area contributed by atoms with E-state index in [4.69, 9.17) is 0 Å². The second-order valence-corrected chi connectivity index (χ2v) is 4.29. The van der Waals surface area contributed by atoms with Crippen molar-refractivity contribution in [2.24, 2.45) is 0 Å². The molecule has 1 aromatic carbocycles. The van der Waals surface area contributed by atoms with Crippen LogP contribution in [0, 0.1) is 6.92 Å². The molecule has 0 aromatic heterocycles. The SMILES string of the molecule is CNC(=O)CNC1CCc2c(C)cccc21. The molecule has 1 aliphatic rings. The maximum atomic E-state index is 11.2. The molecule has 0 saturated heterocycles. The summed E-state index contributed by atoms with van der Waals surface area (Å²) in [4.78, 5) is 11.2. The minimum absolute atomic E-state index is 0.0427. The Morgan fingerprint density at radius 2 is 2.31 bits per heavy atom. The Hall–Kier alpha value is -1.35. The van der Waals surface area contributed by atoms with Crippen LogP contribution in [-0.4, -0.2) is 19.5 Å². The monoisotopic (exact) mass is 218 g/mol. The van der Waals surface area contributed by atoms with Crippen LogP contribution in [0.1, 0.15) is 29.2 Å². The smallest absolute Gasteiger partial charge is 0.233 e. The zero-order valence-corrected chi connectivity index (χ0v) is 9.84.